The number of hydrogen-bond acceptors (Lipinski definition) is 5. The number of nitrogens with zero attached hydrogens (tertiary/aromatic N) is 3. The Morgan fingerprint density at radius 1 is 1.48 bits per heavy atom. The van der Waals surface area contributed by atoms with Crippen LogP contribution in [0.4, 0.5) is 19.0 Å². The van der Waals surface area contributed by atoms with E-state index in [1.54, 1.807) is 6.07 Å². The number of rotatable bonds is 1. The molecule has 2 aromatic heterocycles. The Labute approximate surface area is 139 Å². The van der Waals surface area contributed by atoms with Crippen LogP contribution in [0.25, 0.3) is 15.8 Å². The zero-order chi connectivity index (χ0) is 18.4. The van der Waals surface area contributed by atoms with Crippen LogP contribution >= 0.6 is 0 Å². The summed E-state index contributed by atoms with van der Waals surface area (Å²) in [5, 5.41) is 11.9. The summed E-state index contributed by atoms with van der Waals surface area (Å²) in [6.07, 6.45) is -3.38. The number of alkyl halides is 3. The normalized spacial score (nSPS) is 18.1. The average molecular weight is 345 g/mol. The maximum atomic E-state index is 13.3. The van der Waals surface area contributed by atoms with Gasteiger partial charge in [0.15, 0.2) is 5.70 Å². The van der Waals surface area contributed by atoms with Gasteiger partial charge in [-0.3, -0.25) is 0 Å². The van der Waals surface area contributed by atoms with Gasteiger partial charge in [-0.15, -0.1) is 0 Å². The van der Waals surface area contributed by atoms with Gasteiger partial charge < -0.3 is 15.5 Å². The number of nitrogens with one attached hydrogen (secondary N) is 1. The molecule has 0 aliphatic carbocycles. The van der Waals surface area contributed by atoms with Crippen LogP contribution in [-0.4, -0.2) is 11.2 Å². The summed E-state index contributed by atoms with van der Waals surface area (Å²) in [6, 6.07) is 4.48. The monoisotopic (exact) mass is 345 g/mol. The van der Waals surface area contributed by atoms with Crippen molar-refractivity contribution in [3.63, 3.8) is 0 Å². The molecule has 0 saturated heterocycles. The zero-order valence-corrected chi connectivity index (χ0v) is 12.8. The topological polar surface area (TPSA) is 92.2 Å². The third-order valence-electron chi connectivity index (χ3n) is 3.83. The molecule has 1 aliphatic rings. The first kappa shape index (κ1) is 16.4. The van der Waals surface area contributed by atoms with Crippen molar-refractivity contribution in [2.75, 3.05) is 5.73 Å². The maximum absolute atomic E-state index is 13.3. The number of nitrogen functional groups attached to an aromatic ring is 1. The molecule has 0 spiro atoms. The molecule has 0 radical (unpaired) electrons. The maximum Gasteiger partial charge on any atom is 0.432 e. The smallest absolute Gasteiger partial charge is 0.432 e. The number of halogens is 3. The minimum absolute atomic E-state index is 0.0119. The van der Waals surface area contributed by atoms with Crippen LogP contribution in [0.15, 0.2) is 45.4 Å². The minimum Gasteiger partial charge on any atom is -0.461 e. The summed E-state index contributed by atoms with van der Waals surface area (Å²) in [7, 11) is 0. The molecule has 1 unspecified atom stereocenters. The highest BCUT2D eigenvalue weighted by atomic mass is 19.4. The molecule has 0 amide bonds. The van der Waals surface area contributed by atoms with Crippen LogP contribution in [-0.2, 0) is 0 Å². The van der Waals surface area contributed by atoms with Crippen LogP contribution < -0.4 is 11.1 Å². The lowest BCUT2D eigenvalue weighted by molar-refractivity contribution is -0.0970. The number of nitrogens with two attached hydrogens (primary N) is 1. The Kier molecular flexibility index (Phi) is 3.65. The van der Waals surface area contributed by atoms with E-state index in [0.717, 1.165) is 0 Å². The Balaban J connectivity index is 2.29. The lowest BCUT2D eigenvalue weighted by Crippen LogP contribution is -2.32. The van der Waals surface area contributed by atoms with Crippen molar-refractivity contribution in [3.05, 3.63) is 58.2 Å². The number of allylic oxidation sites excluding steroid dienone is 3. The number of pyridine rings is 1. The van der Waals surface area contributed by atoms with Crippen molar-refractivity contribution in [1.29, 1.82) is 5.26 Å². The summed E-state index contributed by atoms with van der Waals surface area (Å²) >= 11 is 0. The van der Waals surface area contributed by atoms with E-state index in [0.29, 0.717) is 11.0 Å². The molecule has 3 N–H and O–H groups in total. The van der Waals surface area contributed by atoms with Crippen LogP contribution in [0.1, 0.15) is 18.6 Å². The molecular weight excluding hydrogens is 335 g/mol. The largest absolute Gasteiger partial charge is 0.461 e. The second kappa shape index (κ2) is 5.56. The molecule has 0 fully saturated rings. The quantitative estimate of drug-likeness (QED) is 0.771. The van der Waals surface area contributed by atoms with Crippen molar-refractivity contribution in [2.24, 2.45) is 0 Å². The summed E-state index contributed by atoms with van der Waals surface area (Å²) in [5.41, 5.74) is 4.20. The fraction of sp³-hybridized carbons (Fsp3) is 0.188. The van der Waals surface area contributed by atoms with E-state index in [4.69, 9.17) is 16.7 Å². The molecule has 6 nitrogen and oxygen atoms in total. The molecule has 0 saturated carbocycles. The van der Waals surface area contributed by atoms with Gasteiger partial charge >= 0.3 is 6.18 Å². The van der Waals surface area contributed by atoms with E-state index in [9.17, 15) is 18.4 Å². The summed E-state index contributed by atoms with van der Waals surface area (Å²) in [4.78, 5) is 7.19. The molecule has 9 heteroatoms. The fourth-order valence-electron chi connectivity index (χ4n) is 2.73. The third-order valence-corrected chi connectivity index (χ3v) is 3.83. The Morgan fingerprint density at radius 3 is 2.76 bits per heavy atom. The lowest BCUT2D eigenvalue weighted by atomic mass is 9.88. The van der Waals surface area contributed by atoms with Gasteiger partial charge in [-0.25, -0.2) is 9.83 Å². The molecule has 1 aliphatic heterocycles. The minimum atomic E-state index is -4.77. The first-order valence-electron chi connectivity index (χ1n) is 6.98. The van der Waals surface area contributed by atoms with Gasteiger partial charge in [0, 0.05) is 11.9 Å². The fourth-order valence-corrected chi connectivity index (χ4v) is 2.73. The number of aromatic nitrogens is 1. The van der Waals surface area contributed by atoms with Crippen molar-refractivity contribution in [3.8, 4) is 6.07 Å². The van der Waals surface area contributed by atoms with Gasteiger partial charge in [0.1, 0.15) is 22.9 Å². The van der Waals surface area contributed by atoms with E-state index in [1.807, 2.05) is 0 Å². The number of dihydropyridines is 1. The van der Waals surface area contributed by atoms with E-state index < -0.39 is 23.4 Å². The predicted molar refractivity (Wildman–Crippen MR) is 82.3 cm³/mol. The number of hydrogen-bond donors (Lipinski definition) is 2. The molecule has 3 heterocycles. The van der Waals surface area contributed by atoms with Crippen LogP contribution in [0, 0.1) is 17.9 Å². The third kappa shape index (κ3) is 2.56. The van der Waals surface area contributed by atoms with E-state index in [-0.39, 0.29) is 23.0 Å². The van der Waals surface area contributed by atoms with Gasteiger partial charge in [-0.2, -0.15) is 18.4 Å². The molecule has 1 atom stereocenters. The van der Waals surface area contributed by atoms with E-state index in [2.05, 4.69) is 15.1 Å². The van der Waals surface area contributed by atoms with E-state index in [1.165, 1.54) is 25.3 Å². The highest BCUT2D eigenvalue weighted by Crippen LogP contribution is 2.44. The molecule has 0 aromatic carbocycles. The first-order valence-corrected chi connectivity index (χ1v) is 6.98. The molecule has 3 rings (SSSR count). The highest BCUT2D eigenvalue weighted by molar-refractivity contribution is 5.87. The Bertz CT molecular complexity index is 1020. The summed E-state index contributed by atoms with van der Waals surface area (Å²) < 4.78 is 45.5. The summed E-state index contributed by atoms with van der Waals surface area (Å²) in [6.45, 7) is 8.65. The van der Waals surface area contributed by atoms with Gasteiger partial charge in [0.25, 0.3) is 0 Å². The highest BCUT2D eigenvalue weighted by Gasteiger charge is 2.44. The number of anilines is 1. The van der Waals surface area contributed by atoms with Crippen LogP contribution in [0.2, 0.25) is 0 Å². The molecule has 2 aromatic rings. The Morgan fingerprint density at radius 2 is 2.20 bits per heavy atom. The standard InChI is InChI=1S/C16H10F3N5O/c1-7-13(22-2)12(9(6-20)14(24-7)16(17,18)19)11-5-8-10(25-11)3-4-23-15(8)21/h3-5,12,24H,1H3,(H2,21,23). The second-order valence-electron chi connectivity index (χ2n) is 5.34. The first-order chi connectivity index (χ1) is 11.8. The number of fused-ring (bicyclic) bond motifs is 1. The van der Waals surface area contributed by atoms with Crippen LogP contribution in [0.5, 0.6) is 0 Å². The molecule has 0 bridgehead atoms. The number of nitriles is 1. The van der Waals surface area contributed by atoms with Crippen molar-refractivity contribution < 1.29 is 17.6 Å². The van der Waals surface area contributed by atoms with Crippen LogP contribution in [0.3, 0.4) is 0 Å². The predicted octanol–water partition coefficient (Wildman–Crippen LogP) is 3.59. The van der Waals surface area contributed by atoms with Crippen molar-refractivity contribution in [2.45, 2.75) is 19.0 Å². The molecule has 25 heavy (non-hydrogen) atoms. The zero-order valence-electron chi connectivity index (χ0n) is 12.8. The Hall–Kier alpha value is -3.46. The van der Waals surface area contributed by atoms with Crippen molar-refractivity contribution in [1.82, 2.24) is 10.3 Å². The SMILES string of the molecule is [C-]#[N+]C1=C(C)NC(C(F)(F)F)=C(C#N)C1c1cc2c(N)nccc2o1. The molecule has 126 valence electrons. The second-order valence-corrected chi connectivity index (χ2v) is 5.34. The van der Waals surface area contributed by atoms with E-state index >= 15 is 0 Å². The van der Waals surface area contributed by atoms with Gasteiger partial charge in [-0.05, 0) is 19.1 Å². The lowest BCUT2D eigenvalue weighted by Gasteiger charge is -2.27. The average Bonchev–Trinajstić information content (AvgIpc) is 2.98. The van der Waals surface area contributed by atoms with Crippen molar-refractivity contribution >= 4 is 16.8 Å². The van der Waals surface area contributed by atoms with Gasteiger partial charge in [-0.1, -0.05) is 0 Å². The summed E-state index contributed by atoms with van der Waals surface area (Å²) in [5.74, 6) is -1.10. The van der Waals surface area contributed by atoms with Gasteiger partial charge in [0.2, 0.25) is 0 Å². The van der Waals surface area contributed by atoms with Gasteiger partial charge in [0.05, 0.1) is 29.5 Å². The molecular formula is C16H10F3N5O. The number of furan rings is 1.